The molecule has 0 atom stereocenters. The first-order valence-corrected chi connectivity index (χ1v) is 6.36. The van der Waals surface area contributed by atoms with E-state index in [4.69, 9.17) is 0 Å². The van der Waals surface area contributed by atoms with Gasteiger partial charge in [-0.25, -0.2) is 13.5 Å². The van der Waals surface area contributed by atoms with Gasteiger partial charge in [0.2, 0.25) is 0 Å². The van der Waals surface area contributed by atoms with Crippen LogP contribution in [0.25, 0.3) is 5.69 Å². The van der Waals surface area contributed by atoms with E-state index in [0.29, 0.717) is 11.8 Å². The summed E-state index contributed by atoms with van der Waals surface area (Å²) in [4.78, 5) is 16.1. The Hall–Kier alpha value is -3.09. The molecule has 7 heteroatoms. The predicted octanol–water partition coefficient (Wildman–Crippen LogP) is 2.80. The van der Waals surface area contributed by atoms with E-state index in [0.717, 1.165) is 12.1 Å². The summed E-state index contributed by atoms with van der Waals surface area (Å²) in [5.41, 5.74) is 0.624. The van der Waals surface area contributed by atoms with E-state index in [1.807, 2.05) is 0 Å². The number of anilines is 1. The molecule has 1 amide bonds. The smallest absolute Gasteiger partial charge is 0.274 e. The highest BCUT2D eigenvalue weighted by Crippen LogP contribution is 2.16. The van der Waals surface area contributed by atoms with Crippen molar-refractivity contribution < 1.29 is 13.6 Å². The standard InChI is InChI=1S/C15H10F2N4O/c16-10-2-3-13(12(17)8-10)20-15(22)14-9-11(4-6-18-14)21-7-1-5-19-21/h1-9H,(H,20,22). The third-order valence-electron chi connectivity index (χ3n) is 2.92. The monoisotopic (exact) mass is 300 g/mol. The zero-order chi connectivity index (χ0) is 15.5. The Morgan fingerprint density at radius 3 is 2.73 bits per heavy atom. The predicted molar refractivity (Wildman–Crippen MR) is 75.7 cm³/mol. The van der Waals surface area contributed by atoms with Crippen LogP contribution in [0.15, 0.2) is 55.0 Å². The molecule has 22 heavy (non-hydrogen) atoms. The number of benzene rings is 1. The number of rotatable bonds is 3. The maximum Gasteiger partial charge on any atom is 0.274 e. The largest absolute Gasteiger partial charge is 0.318 e. The third kappa shape index (κ3) is 2.83. The normalized spacial score (nSPS) is 10.5. The maximum absolute atomic E-state index is 13.5. The Balaban J connectivity index is 1.85. The SMILES string of the molecule is O=C(Nc1ccc(F)cc1F)c1cc(-n2cccn2)ccn1. The van der Waals surface area contributed by atoms with Crippen LogP contribution in [-0.2, 0) is 0 Å². The van der Waals surface area contributed by atoms with Crippen molar-refractivity contribution in [1.29, 1.82) is 0 Å². The van der Waals surface area contributed by atoms with Crippen LogP contribution in [0.3, 0.4) is 0 Å². The molecule has 2 heterocycles. The second-order valence-corrected chi connectivity index (χ2v) is 4.43. The van der Waals surface area contributed by atoms with E-state index in [2.05, 4.69) is 15.4 Å². The maximum atomic E-state index is 13.5. The summed E-state index contributed by atoms with van der Waals surface area (Å²) < 4.78 is 27.9. The molecule has 110 valence electrons. The van der Waals surface area contributed by atoms with E-state index in [1.165, 1.54) is 12.3 Å². The third-order valence-corrected chi connectivity index (χ3v) is 2.92. The Bertz CT molecular complexity index is 818. The zero-order valence-corrected chi connectivity index (χ0v) is 11.2. The number of carbonyl (C=O) groups is 1. The van der Waals surface area contributed by atoms with E-state index < -0.39 is 17.5 Å². The van der Waals surface area contributed by atoms with Gasteiger partial charge >= 0.3 is 0 Å². The van der Waals surface area contributed by atoms with E-state index in [9.17, 15) is 13.6 Å². The van der Waals surface area contributed by atoms with Crippen LogP contribution >= 0.6 is 0 Å². The highest BCUT2D eigenvalue weighted by atomic mass is 19.1. The average Bonchev–Trinajstić information content (AvgIpc) is 3.04. The van der Waals surface area contributed by atoms with Gasteiger partial charge in [0.05, 0.1) is 11.4 Å². The van der Waals surface area contributed by atoms with Gasteiger partial charge in [-0.05, 0) is 30.3 Å². The van der Waals surface area contributed by atoms with Gasteiger partial charge in [-0.3, -0.25) is 9.78 Å². The van der Waals surface area contributed by atoms with Crippen molar-refractivity contribution in [3.05, 3.63) is 72.3 Å². The summed E-state index contributed by atoms with van der Waals surface area (Å²) in [6.07, 6.45) is 4.78. The van der Waals surface area contributed by atoms with Gasteiger partial charge in [0.25, 0.3) is 5.91 Å². The number of amides is 1. The van der Waals surface area contributed by atoms with Crippen LogP contribution in [-0.4, -0.2) is 20.7 Å². The first-order chi connectivity index (χ1) is 10.6. The lowest BCUT2D eigenvalue weighted by Crippen LogP contribution is -2.15. The van der Waals surface area contributed by atoms with Crippen LogP contribution < -0.4 is 5.32 Å². The number of halogens is 2. The molecule has 0 unspecified atom stereocenters. The molecule has 5 nitrogen and oxygen atoms in total. The summed E-state index contributed by atoms with van der Waals surface area (Å²) in [6.45, 7) is 0. The number of hydrogen-bond acceptors (Lipinski definition) is 3. The van der Waals surface area contributed by atoms with Crippen LogP contribution in [0.4, 0.5) is 14.5 Å². The molecule has 0 fully saturated rings. The fourth-order valence-corrected chi connectivity index (χ4v) is 1.88. The van der Waals surface area contributed by atoms with Gasteiger partial charge in [0, 0.05) is 24.7 Å². The molecule has 2 aromatic heterocycles. The second kappa shape index (κ2) is 5.72. The Kier molecular flexibility index (Phi) is 3.61. The van der Waals surface area contributed by atoms with Crippen molar-refractivity contribution in [3.63, 3.8) is 0 Å². The van der Waals surface area contributed by atoms with Crippen molar-refractivity contribution in [2.24, 2.45) is 0 Å². The highest BCUT2D eigenvalue weighted by molar-refractivity contribution is 6.03. The molecular formula is C15H10F2N4O. The van der Waals surface area contributed by atoms with Gasteiger partial charge in [-0.15, -0.1) is 0 Å². The van der Waals surface area contributed by atoms with Gasteiger partial charge in [-0.1, -0.05) is 0 Å². The minimum atomic E-state index is -0.850. The average molecular weight is 300 g/mol. The fourth-order valence-electron chi connectivity index (χ4n) is 1.88. The number of carbonyl (C=O) groups excluding carboxylic acids is 1. The lowest BCUT2D eigenvalue weighted by Gasteiger charge is -2.07. The lowest BCUT2D eigenvalue weighted by atomic mass is 10.2. The molecule has 0 saturated heterocycles. The molecule has 0 aliphatic rings. The Morgan fingerprint density at radius 1 is 1.14 bits per heavy atom. The van der Waals surface area contributed by atoms with E-state index in [-0.39, 0.29) is 11.4 Å². The Labute approximate surface area is 124 Å². The van der Waals surface area contributed by atoms with Gasteiger partial charge in [0.15, 0.2) is 0 Å². The minimum Gasteiger partial charge on any atom is -0.318 e. The van der Waals surface area contributed by atoms with Crippen LogP contribution in [0, 0.1) is 11.6 Å². The topological polar surface area (TPSA) is 59.8 Å². The summed E-state index contributed by atoms with van der Waals surface area (Å²) in [5, 5.41) is 6.40. The van der Waals surface area contributed by atoms with Crippen molar-refractivity contribution >= 4 is 11.6 Å². The number of nitrogens with one attached hydrogen (secondary N) is 1. The van der Waals surface area contributed by atoms with Crippen LogP contribution in [0.1, 0.15) is 10.5 Å². The molecule has 0 aliphatic heterocycles. The van der Waals surface area contributed by atoms with E-state index >= 15 is 0 Å². The number of nitrogens with zero attached hydrogens (tertiary/aromatic N) is 3. The van der Waals surface area contributed by atoms with Gasteiger partial charge in [0.1, 0.15) is 17.3 Å². The first kappa shape index (κ1) is 13.9. The van der Waals surface area contributed by atoms with E-state index in [1.54, 1.807) is 29.2 Å². The first-order valence-electron chi connectivity index (χ1n) is 6.36. The minimum absolute atomic E-state index is 0.0942. The summed E-state index contributed by atoms with van der Waals surface area (Å²) in [7, 11) is 0. The van der Waals surface area contributed by atoms with Crippen molar-refractivity contribution in [3.8, 4) is 5.69 Å². The molecular weight excluding hydrogens is 290 g/mol. The summed E-state index contributed by atoms with van der Waals surface area (Å²) >= 11 is 0. The molecule has 0 spiro atoms. The number of aromatic nitrogens is 3. The highest BCUT2D eigenvalue weighted by Gasteiger charge is 2.12. The number of hydrogen-bond donors (Lipinski definition) is 1. The molecule has 1 aromatic carbocycles. The van der Waals surface area contributed by atoms with Crippen LogP contribution in [0.5, 0.6) is 0 Å². The van der Waals surface area contributed by atoms with Crippen molar-refractivity contribution in [2.45, 2.75) is 0 Å². The zero-order valence-electron chi connectivity index (χ0n) is 11.2. The van der Waals surface area contributed by atoms with Crippen LogP contribution in [0.2, 0.25) is 0 Å². The summed E-state index contributed by atoms with van der Waals surface area (Å²) in [6, 6.07) is 7.86. The molecule has 0 bridgehead atoms. The molecule has 1 N–H and O–H groups in total. The van der Waals surface area contributed by atoms with Crippen molar-refractivity contribution in [1.82, 2.24) is 14.8 Å². The van der Waals surface area contributed by atoms with Gasteiger partial charge in [-0.2, -0.15) is 5.10 Å². The summed E-state index contributed by atoms with van der Waals surface area (Å²) in [5.74, 6) is -2.16. The Morgan fingerprint density at radius 2 is 2.00 bits per heavy atom. The molecule has 3 rings (SSSR count). The van der Waals surface area contributed by atoms with Crippen molar-refractivity contribution in [2.75, 3.05) is 5.32 Å². The quantitative estimate of drug-likeness (QED) is 0.809. The molecule has 0 saturated carbocycles. The fraction of sp³-hybridized carbons (Fsp3) is 0. The lowest BCUT2D eigenvalue weighted by molar-refractivity contribution is 0.102. The molecule has 3 aromatic rings. The molecule has 0 radical (unpaired) electrons. The number of pyridine rings is 1. The second-order valence-electron chi connectivity index (χ2n) is 4.43. The molecule has 0 aliphatic carbocycles. The van der Waals surface area contributed by atoms with Gasteiger partial charge < -0.3 is 5.32 Å².